The molecule has 1 atom stereocenters. The molecule has 0 saturated carbocycles. The van der Waals surface area contributed by atoms with E-state index in [1.807, 2.05) is 31.2 Å². The number of hydrogen-bond acceptors (Lipinski definition) is 4. The summed E-state index contributed by atoms with van der Waals surface area (Å²) in [7, 11) is -3.99. The van der Waals surface area contributed by atoms with Gasteiger partial charge in [0.05, 0.1) is 11.6 Å². The predicted octanol–water partition coefficient (Wildman–Crippen LogP) is 3.01. The molecule has 0 aromatic heterocycles. The Hall–Kier alpha value is -2.67. The molecule has 1 aliphatic heterocycles. The molecule has 28 heavy (non-hydrogen) atoms. The molecule has 148 valence electrons. The highest BCUT2D eigenvalue weighted by Crippen LogP contribution is 2.29. The molecule has 7 heteroatoms. The van der Waals surface area contributed by atoms with Gasteiger partial charge in [-0.2, -0.15) is 0 Å². The summed E-state index contributed by atoms with van der Waals surface area (Å²) in [6.07, 6.45) is 0. The Bertz CT molecular complexity index is 1020. The van der Waals surface area contributed by atoms with Crippen LogP contribution in [-0.4, -0.2) is 31.1 Å². The summed E-state index contributed by atoms with van der Waals surface area (Å²) in [5.41, 5.74) is 2.22. The van der Waals surface area contributed by atoms with E-state index in [1.54, 1.807) is 12.1 Å². The van der Waals surface area contributed by atoms with Gasteiger partial charge in [0.25, 0.3) is 15.9 Å². The lowest BCUT2D eigenvalue weighted by Gasteiger charge is -2.21. The highest BCUT2D eigenvalue weighted by Gasteiger charge is 2.41. The number of rotatable bonds is 4. The van der Waals surface area contributed by atoms with Gasteiger partial charge in [-0.25, -0.2) is 12.7 Å². The molecule has 0 unspecified atom stereocenters. The van der Waals surface area contributed by atoms with Crippen molar-refractivity contribution in [3.05, 3.63) is 65.2 Å². The summed E-state index contributed by atoms with van der Waals surface area (Å²) in [6.45, 7) is 7.65. The molecule has 3 rings (SSSR count). The largest absolute Gasteiger partial charge is 0.348 e. The third-order valence-electron chi connectivity index (χ3n) is 4.85. The number of amides is 2. The molecule has 2 amide bonds. The van der Waals surface area contributed by atoms with Gasteiger partial charge in [-0.1, -0.05) is 57.2 Å². The van der Waals surface area contributed by atoms with Gasteiger partial charge < -0.3 is 5.32 Å². The van der Waals surface area contributed by atoms with Gasteiger partial charge in [0.1, 0.15) is 11.4 Å². The smallest absolute Gasteiger partial charge is 0.269 e. The second-order valence-electron chi connectivity index (χ2n) is 7.97. The van der Waals surface area contributed by atoms with Crippen LogP contribution >= 0.6 is 0 Å². The molecule has 0 fully saturated rings. The maximum Gasteiger partial charge on any atom is 0.269 e. The number of carbonyl (C=O) groups excluding carboxylic acids is 2. The Balaban J connectivity index is 1.70. The van der Waals surface area contributed by atoms with Crippen LogP contribution in [0.1, 0.15) is 55.2 Å². The van der Waals surface area contributed by atoms with E-state index in [-0.39, 0.29) is 21.9 Å². The molecule has 0 radical (unpaired) electrons. The van der Waals surface area contributed by atoms with Crippen LogP contribution in [0.15, 0.2) is 53.4 Å². The second kappa shape index (κ2) is 7.05. The van der Waals surface area contributed by atoms with Gasteiger partial charge in [-0.3, -0.25) is 9.59 Å². The molecule has 0 spiro atoms. The van der Waals surface area contributed by atoms with Crippen LogP contribution in [0.2, 0.25) is 0 Å². The minimum Gasteiger partial charge on any atom is -0.348 e. The zero-order valence-electron chi connectivity index (χ0n) is 16.4. The van der Waals surface area contributed by atoms with Crippen LogP contribution in [-0.2, 0) is 20.2 Å². The summed E-state index contributed by atoms with van der Waals surface area (Å²) in [4.78, 5) is 24.8. The van der Waals surface area contributed by atoms with Crippen LogP contribution in [0.5, 0.6) is 0 Å². The highest BCUT2D eigenvalue weighted by molar-refractivity contribution is 7.90. The highest BCUT2D eigenvalue weighted by atomic mass is 32.2. The number of fused-ring (bicyclic) bond motifs is 1. The lowest BCUT2D eigenvalue weighted by Crippen LogP contribution is -2.41. The van der Waals surface area contributed by atoms with E-state index in [9.17, 15) is 18.0 Å². The number of nitrogens with one attached hydrogen (secondary N) is 1. The zero-order valence-corrected chi connectivity index (χ0v) is 17.2. The predicted molar refractivity (Wildman–Crippen MR) is 106 cm³/mol. The van der Waals surface area contributed by atoms with Gasteiger partial charge in [0.15, 0.2) is 0 Å². The fourth-order valence-corrected chi connectivity index (χ4v) is 4.69. The minimum atomic E-state index is -3.99. The summed E-state index contributed by atoms with van der Waals surface area (Å²) in [5, 5.41) is 2.77. The molecule has 1 N–H and O–H groups in total. The van der Waals surface area contributed by atoms with E-state index in [0.717, 1.165) is 5.56 Å². The Labute approximate surface area is 165 Å². The van der Waals surface area contributed by atoms with Gasteiger partial charge in [-0.15, -0.1) is 0 Å². The Morgan fingerprint density at radius 3 is 2.25 bits per heavy atom. The summed E-state index contributed by atoms with van der Waals surface area (Å²) in [6, 6.07) is 13.6. The van der Waals surface area contributed by atoms with Crippen molar-refractivity contribution < 1.29 is 18.0 Å². The number of carbonyl (C=O) groups is 2. The van der Waals surface area contributed by atoms with Crippen molar-refractivity contribution >= 4 is 21.8 Å². The van der Waals surface area contributed by atoms with Crippen molar-refractivity contribution in [2.75, 3.05) is 6.54 Å². The first-order chi connectivity index (χ1) is 13.0. The molecular weight excluding hydrogens is 376 g/mol. The van der Waals surface area contributed by atoms with E-state index >= 15 is 0 Å². The minimum absolute atomic E-state index is 0.0322. The topological polar surface area (TPSA) is 83.6 Å². The lowest BCUT2D eigenvalue weighted by atomic mass is 9.86. The van der Waals surface area contributed by atoms with Crippen molar-refractivity contribution in [3.63, 3.8) is 0 Å². The van der Waals surface area contributed by atoms with E-state index in [0.29, 0.717) is 4.31 Å². The molecule has 1 heterocycles. The van der Waals surface area contributed by atoms with Crippen LogP contribution < -0.4 is 5.32 Å². The number of nitrogens with zero attached hydrogens (tertiary/aromatic N) is 1. The maximum atomic E-state index is 12.5. The zero-order chi connectivity index (χ0) is 20.7. The molecule has 2 aromatic rings. The van der Waals surface area contributed by atoms with Crippen LogP contribution in [0.25, 0.3) is 0 Å². The van der Waals surface area contributed by atoms with Gasteiger partial charge in [-0.05, 0) is 35.6 Å². The number of sulfonamides is 1. The van der Waals surface area contributed by atoms with Crippen molar-refractivity contribution in [2.45, 2.75) is 44.0 Å². The fourth-order valence-electron chi connectivity index (χ4n) is 3.16. The van der Waals surface area contributed by atoms with Crippen LogP contribution in [0.4, 0.5) is 0 Å². The third-order valence-corrected chi connectivity index (χ3v) is 6.64. The van der Waals surface area contributed by atoms with E-state index in [1.165, 1.54) is 17.7 Å². The Kier molecular flexibility index (Phi) is 5.06. The van der Waals surface area contributed by atoms with Crippen molar-refractivity contribution in [1.29, 1.82) is 0 Å². The lowest BCUT2D eigenvalue weighted by molar-refractivity contribution is -0.121. The van der Waals surface area contributed by atoms with E-state index in [4.69, 9.17) is 0 Å². The summed E-state index contributed by atoms with van der Waals surface area (Å²) < 4.78 is 25.7. The van der Waals surface area contributed by atoms with Gasteiger partial charge in [0, 0.05) is 0 Å². The average Bonchev–Trinajstić information content (AvgIpc) is 2.82. The Morgan fingerprint density at radius 1 is 1.07 bits per heavy atom. The monoisotopic (exact) mass is 400 g/mol. The molecule has 1 aliphatic rings. The quantitative estimate of drug-likeness (QED) is 0.855. The van der Waals surface area contributed by atoms with Gasteiger partial charge >= 0.3 is 0 Å². The van der Waals surface area contributed by atoms with Crippen molar-refractivity contribution in [2.24, 2.45) is 0 Å². The average molecular weight is 401 g/mol. The first-order valence-corrected chi connectivity index (χ1v) is 10.5. The molecule has 0 saturated heterocycles. The number of benzene rings is 2. The van der Waals surface area contributed by atoms with E-state index < -0.39 is 28.4 Å². The molecular formula is C21H24N2O4S. The first-order valence-electron chi connectivity index (χ1n) is 9.08. The van der Waals surface area contributed by atoms with E-state index in [2.05, 4.69) is 26.1 Å². The normalized spacial score (nSPS) is 16.6. The van der Waals surface area contributed by atoms with Gasteiger partial charge in [0.2, 0.25) is 5.91 Å². The summed E-state index contributed by atoms with van der Waals surface area (Å²) in [5.74, 6) is -1.20. The SMILES string of the molecule is C[C@H](NC(=O)CN1C(=O)c2ccccc2S1(=O)=O)c1ccc(C(C)(C)C)cc1. The third kappa shape index (κ3) is 3.67. The van der Waals surface area contributed by atoms with Crippen LogP contribution in [0.3, 0.4) is 0 Å². The molecule has 6 nitrogen and oxygen atoms in total. The second-order valence-corrected chi connectivity index (χ2v) is 9.80. The molecule has 0 aliphatic carbocycles. The summed E-state index contributed by atoms with van der Waals surface area (Å²) >= 11 is 0. The van der Waals surface area contributed by atoms with Crippen molar-refractivity contribution in [3.8, 4) is 0 Å². The molecule has 2 aromatic carbocycles. The fraction of sp³-hybridized carbons (Fsp3) is 0.333. The Morgan fingerprint density at radius 2 is 1.68 bits per heavy atom. The molecule has 0 bridgehead atoms. The maximum absolute atomic E-state index is 12.5. The number of hydrogen-bond donors (Lipinski definition) is 1. The van der Waals surface area contributed by atoms with Crippen molar-refractivity contribution in [1.82, 2.24) is 9.62 Å². The van der Waals surface area contributed by atoms with Crippen LogP contribution in [0, 0.1) is 0 Å². The standard InChI is InChI=1S/C21H24N2O4S/c1-14(15-9-11-16(12-10-15)21(2,3)4)22-19(24)13-23-20(25)17-7-5-6-8-18(17)28(23,26)27/h5-12,14H,13H2,1-4H3,(H,22,24)/t14-/m0/s1. The first kappa shape index (κ1) is 20.1.